The molecule has 0 saturated heterocycles. The Morgan fingerprint density at radius 2 is 0.744 bits per heavy atom. The van der Waals surface area contributed by atoms with E-state index in [0.29, 0.717) is 46.7 Å². The van der Waals surface area contributed by atoms with Gasteiger partial charge in [0.25, 0.3) is 0 Å². The number of aromatic hydroxyl groups is 3. The molecule has 1 aliphatic heterocycles. The molecule has 0 unspecified atom stereocenters. The lowest BCUT2D eigenvalue weighted by molar-refractivity contribution is 0.471. The molecule has 226 valence electrons. The van der Waals surface area contributed by atoms with E-state index in [4.69, 9.17) is 0 Å². The zero-order valence-electron chi connectivity index (χ0n) is 26.8. The lowest BCUT2D eigenvalue weighted by Crippen LogP contribution is -2.12. The van der Waals surface area contributed by atoms with Crippen molar-refractivity contribution in [2.24, 2.45) is 20.0 Å². The van der Waals surface area contributed by atoms with Gasteiger partial charge in [0.1, 0.15) is 22.9 Å². The third-order valence-corrected chi connectivity index (χ3v) is 7.51. The molecule has 0 fully saturated rings. The number of nitrogens with zero attached hydrogens (tertiary/aromatic N) is 4. The Morgan fingerprint density at radius 3 is 1.07 bits per heavy atom. The largest absolute Gasteiger partial charge is 0.507 e. The van der Waals surface area contributed by atoms with Crippen LogP contribution >= 0.6 is 0 Å². The van der Waals surface area contributed by atoms with Crippen molar-refractivity contribution in [1.29, 1.82) is 0 Å². The third kappa shape index (κ3) is 7.39. The Labute approximate surface area is 255 Å². The molecule has 3 aromatic carbocycles. The van der Waals surface area contributed by atoms with Crippen LogP contribution in [0.5, 0.6) is 17.2 Å². The Kier molecular flexibility index (Phi) is 8.68. The Balaban J connectivity index is 1.99. The predicted octanol–water partition coefficient (Wildman–Crippen LogP) is 8.05. The van der Waals surface area contributed by atoms with Gasteiger partial charge in [-0.25, -0.2) is 0 Å². The van der Waals surface area contributed by atoms with Crippen LogP contribution in [0, 0.1) is 0 Å². The summed E-state index contributed by atoms with van der Waals surface area (Å²) in [6.07, 6.45) is 6.45. The average molecular weight is 581 g/mol. The number of phenolic OH excluding ortho intramolecular Hbond substituents is 3. The van der Waals surface area contributed by atoms with Crippen molar-refractivity contribution >= 4 is 36.2 Å². The molecule has 7 heteroatoms. The van der Waals surface area contributed by atoms with Gasteiger partial charge < -0.3 is 15.3 Å². The molecule has 3 N–H and O–H groups in total. The third-order valence-electron chi connectivity index (χ3n) is 7.51. The molecule has 1 aliphatic rings. The summed E-state index contributed by atoms with van der Waals surface area (Å²) in [7, 11) is 0. The molecule has 6 bridgehead atoms. The molecule has 0 saturated carbocycles. The molecule has 43 heavy (non-hydrogen) atoms. The molecule has 0 spiro atoms. The molecule has 0 atom stereocenters. The molecule has 0 aromatic heterocycles. The second-order valence-electron chi connectivity index (χ2n) is 14.2. The zero-order chi connectivity index (χ0) is 31.7. The Hall–Kier alpha value is -4.26. The van der Waals surface area contributed by atoms with Crippen LogP contribution in [0.25, 0.3) is 0 Å². The van der Waals surface area contributed by atoms with E-state index < -0.39 is 0 Å². The number of aliphatic imine (C=N–C) groups is 4. The van der Waals surface area contributed by atoms with Gasteiger partial charge in [-0.05, 0) is 69.3 Å². The Morgan fingerprint density at radius 1 is 0.442 bits per heavy atom. The quantitative estimate of drug-likeness (QED) is 0.250. The van der Waals surface area contributed by atoms with Gasteiger partial charge in [0.15, 0.2) is 5.75 Å². The molecular formula is C36H44N4O3. The minimum Gasteiger partial charge on any atom is -0.507 e. The number of phenols is 3. The first-order valence-corrected chi connectivity index (χ1v) is 14.7. The summed E-state index contributed by atoms with van der Waals surface area (Å²) in [5, 5.41) is 33.7. The SMILES string of the molecule is CC(C)(C)c1cc2c(O)c(c1)C=Nc1cc(C(C)(C)C)cc(c1O)N=Cc1cc(C(C)(C)C)cc(c1O)C=NCCN=C2. The molecule has 1 heterocycles. The maximum Gasteiger partial charge on any atom is 0.167 e. The molecule has 4 rings (SSSR count). The van der Waals surface area contributed by atoms with E-state index in [0.717, 1.165) is 16.7 Å². The monoisotopic (exact) mass is 580 g/mol. The number of rotatable bonds is 0. The maximum atomic E-state index is 11.3. The van der Waals surface area contributed by atoms with Gasteiger partial charge in [-0.2, -0.15) is 0 Å². The summed E-state index contributed by atoms with van der Waals surface area (Å²) < 4.78 is 0. The normalized spacial score (nSPS) is 14.3. The van der Waals surface area contributed by atoms with Crippen molar-refractivity contribution in [3.63, 3.8) is 0 Å². The number of hydrogen-bond donors (Lipinski definition) is 3. The van der Waals surface area contributed by atoms with Crippen LogP contribution < -0.4 is 0 Å². The second kappa shape index (κ2) is 11.8. The molecule has 0 amide bonds. The van der Waals surface area contributed by atoms with E-state index in [1.165, 1.54) is 0 Å². The van der Waals surface area contributed by atoms with Gasteiger partial charge in [-0.15, -0.1) is 0 Å². The summed E-state index contributed by atoms with van der Waals surface area (Å²) in [6.45, 7) is 19.7. The van der Waals surface area contributed by atoms with Crippen molar-refractivity contribution in [2.75, 3.05) is 13.1 Å². The highest BCUT2D eigenvalue weighted by molar-refractivity contribution is 5.95. The fourth-order valence-electron chi connectivity index (χ4n) is 4.57. The van der Waals surface area contributed by atoms with Gasteiger partial charge in [-0.1, -0.05) is 62.3 Å². The summed E-state index contributed by atoms with van der Waals surface area (Å²) in [5.41, 5.74) is 5.18. The molecule has 0 aliphatic carbocycles. The Bertz CT molecular complexity index is 1530. The summed E-state index contributed by atoms with van der Waals surface area (Å²) in [4.78, 5) is 18.4. The van der Waals surface area contributed by atoms with Crippen LogP contribution in [0.1, 0.15) is 101 Å². The molecule has 3 aromatic rings. The van der Waals surface area contributed by atoms with Crippen molar-refractivity contribution in [2.45, 2.75) is 78.6 Å². The van der Waals surface area contributed by atoms with Gasteiger partial charge in [-0.3, -0.25) is 20.0 Å². The summed E-state index contributed by atoms with van der Waals surface area (Å²) in [6, 6.07) is 11.4. The highest BCUT2D eigenvalue weighted by atomic mass is 16.3. The van der Waals surface area contributed by atoms with E-state index in [1.807, 2.05) is 36.4 Å². The van der Waals surface area contributed by atoms with Crippen molar-refractivity contribution < 1.29 is 15.3 Å². The second-order valence-corrected chi connectivity index (χ2v) is 14.2. The minimum atomic E-state index is -0.257. The standard InChI is InChI=1S/C36H44N4O3/c1-34(2,3)26-12-22-18-37-10-11-38-19-23-13-27(35(4,5)6)15-25(32(23)42)21-40-30-17-28(36(7,8)9)16-29(33(30)43)39-20-24(14-26)31(22)41/h12-21,41-43H,10-11H2,1-9H3. The van der Waals surface area contributed by atoms with Crippen LogP contribution in [0.2, 0.25) is 0 Å². The van der Waals surface area contributed by atoms with Crippen LogP contribution in [-0.2, 0) is 16.2 Å². The first-order chi connectivity index (χ1) is 19.9. The van der Waals surface area contributed by atoms with Crippen LogP contribution in [0.3, 0.4) is 0 Å². The first kappa shape index (κ1) is 31.7. The summed E-state index contributed by atoms with van der Waals surface area (Å²) in [5.74, 6) is 0.0181. The van der Waals surface area contributed by atoms with Crippen LogP contribution in [0.15, 0.2) is 56.4 Å². The molecular weight excluding hydrogens is 536 g/mol. The highest BCUT2D eigenvalue weighted by Gasteiger charge is 2.21. The van der Waals surface area contributed by atoms with E-state index in [-0.39, 0.29) is 33.5 Å². The lowest BCUT2D eigenvalue weighted by Gasteiger charge is -2.21. The summed E-state index contributed by atoms with van der Waals surface area (Å²) >= 11 is 0. The van der Waals surface area contributed by atoms with Crippen LogP contribution in [-0.4, -0.2) is 53.3 Å². The van der Waals surface area contributed by atoms with Gasteiger partial charge in [0.05, 0.1) is 13.1 Å². The fraction of sp³-hybridized carbons (Fsp3) is 0.389. The minimum absolute atomic E-state index is 0.0577. The fourth-order valence-corrected chi connectivity index (χ4v) is 4.57. The van der Waals surface area contributed by atoms with E-state index >= 15 is 0 Å². The molecule has 7 nitrogen and oxygen atoms in total. The number of hydrogen-bond acceptors (Lipinski definition) is 7. The topological polar surface area (TPSA) is 110 Å². The van der Waals surface area contributed by atoms with Gasteiger partial charge in [0.2, 0.25) is 0 Å². The number of fused-ring (bicyclic) bond motifs is 6. The van der Waals surface area contributed by atoms with Gasteiger partial charge >= 0.3 is 0 Å². The van der Waals surface area contributed by atoms with E-state index in [9.17, 15) is 15.3 Å². The lowest BCUT2D eigenvalue weighted by atomic mass is 9.85. The zero-order valence-corrected chi connectivity index (χ0v) is 26.8. The smallest absolute Gasteiger partial charge is 0.167 e. The number of benzene rings is 3. The van der Waals surface area contributed by atoms with Crippen molar-refractivity contribution in [3.05, 3.63) is 75.3 Å². The maximum absolute atomic E-state index is 11.3. The van der Waals surface area contributed by atoms with Crippen LogP contribution in [0.4, 0.5) is 11.4 Å². The highest BCUT2D eigenvalue weighted by Crippen LogP contribution is 2.42. The van der Waals surface area contributed by atoms with Crippen molar-refractivity contribution in [3.8, 4) is 17.2 Å². The average Bonchev–Trinajstić information content (AvgIpc) is 2.89. The first-order valence-electron chi connectivity index (χ1n) is 14.7. The predicted molar refractivity (Wildman–Crippen MR) is 180 cm³/mol. The van der Waals surface area contributed by atoms with Gasteiger partial charge in [0, 0.05) is 47.1 Å². The van der Waals surface area contributed by atoms with Crippen molar-refractivity contribution in [1.82, 2.24) is 0 Å². The molecule has 0 radical (unpaired) electrons. The van der Waals surface area contributed by atoms with E-state index in [1.54, 1.807) is 24.9 Å². The van der Waals surface area contributed by atoms with E-state index in [2.05, 4.69) is 82.3 Å².